The summed E-state index contributed by atoms with van der Waals surface area (Å²) in [5, 5.41) is 6.67. The third-order valence-corrected chi connectivity index (χ3v) is 4.63. The number of benzene rings is 1. The highest BCUT2D eigenvalue weighted by Gasteiger charge is 2.10. The first kappa shape index (κ1) is 18.1. The summed E-state index contributed by atoms with van der Waals surface area (Å²) >= 11 is 1.61. The van der Waals surface area contributed by atoms with Crippen LogP contribution in [-0.4, -0.2) is 23.3 Å². The summed E-state index contributed by atoms with van der Waals surface area (Å²) in [5.41, 5.74) is 2.76. The molecule has 6 heteroatoms. The molecule has 0 saturated heterocycles. The first-order chi connectivity index (χ1) is 11.5. The molecule has 0 atom stereocenters. The van der Waals surface area contributed by atoms with E-state index in [-0.39, 0.29) is 18.2 Å². The molecule has 0 bridgehead atoms. The number of thiazole rings is 1. The molecule has 2 N–H and O–H groups in total. The van der Waals surface area contributed by atoms with E-state index >= 15 is 0 Å². The van der Waals surface area contributed by atoms with Crippen molar-refractivity contribution in [2.24, 2.45) is 0 Å². The molecule has 0 aliphatic carbocycles. The van der Waals surface area contributed by atoms with Crippen LogP contribution in [0.15, 0.2) is 24.3 Å². The highest BCUT2D eigenvalue weighted by atomic mass is 32.1. The minimum atomic E-state index is -0.158. The first-order valence-electron chi connectivity index (χ1n) is 8.06. The van der Waals surface area contributed by atoms with Crippen LogP contribution in [-0.2, 0) is 17.8 Å². The molecular formula is C18H23N3O2S. The lowest BCUT2D eigenvalue weighted by atomic mass is 10.1. The summed E-state index contributed by atoms with van der Waals surface area (Å²) in [6.45, 7) is 6.82. The molecule has 128 valence electrons. The number of nitrogens with one attached hydrogen (secondary N) is 2. The molecule has 1 heterocycles. The van der Waals surface area contributed by atoms with Crippen LogP contribution in [0.4, 0.5) is 0 Å². The van der Waals surface area contributed by atoms with Crippen LogP contribution in [0.3, 0.4) is 0 Å². The fourth-order valence-corrected chi connectivity index (χ4v) is 3.26. The summed E-state index contributed by atoms with van der Waals surface area (Å²) in [7, 11) is 0. The van der Waals surface area contributed by atoms with Gasteiger partial charge in [0.1, 0.15) is 0 Å². The molecule has 24 heavy (non-hydrogen) atoms. The van der Waals surface area contributed by atoms with Crippen molar-refractivity contribution in [2.75, 3.05) is 6.54 Å². The number of hydrogen-bond acceptors (Lipinski definition) is 4. The lowest BCUT2D eigenvalue weighted by Crippen LogP contribution is -2.30. The number of aryl methyl sites for hydroxylation is 3. The largest absolute Gasteiger partial charge is 0.352 e. The van der Waals surface area contributed by atoms with Crippen LogP contribution in [0.25, 0.3) is 0 Å². The third-order valence-electron chi connectivity index (χ3n) is 3.62. The van der Waals surface area contributed by atoms with E-state index in [1.54, 1.807) is 23.5 Å². The van der Waals surface area contributed by atoms with E-state index in [1.165, 1.54) is 0 Å². The Morgan fingerprint density at radius 2 is 1.83 bits per heavy atom. The van der Waals surface area contributed by atoms with Gasteiger partial charge in [0, 0.05) is 23.4 Å². The molecule has 2 rings (SSSR count). The van der Waals surface area contributed by atoms with Gasteiger partial charge in [0.2, 0.25) is 5.91 Å². The zero-order valence-electron chi connectivity index (χ0n) is 14.3. The molecule has 0 saturated carbocycles. The number of rotatable bonds is 7. The van der Waals surface area contributed by atoms with E-state index in [9.17, 15) is 9.59 Å². The van der Waals surface area contributed by atoms with Crippen molar-refractivity contribution >= 4 is 23.2 Å². The monoisotopic (exact) mass is 345 g/mol. The quantitative estimate of drug-likeness (QED) is 0.810. The van der Waals surface area contributed by atoms with E-state index in [0.29, 0.717) is 18.7 Å². The summed E-state index contributed by atoms with van der Waals surface area (Å²) in [6, 6.07) is 7.35. The second kappa shape index (κ2) is 8.59. The van der Waals surface area contributed by atoms with Crippen molar-refractivity contribution in [3.05, 3.63) is 51.0 Å². The SMILES string of the molecule is CCc1nc(C)sc1CNC(=O)CCNC(=O)c1ccc(C)cc1. The summed E-state index contributed by atoms with van der Waals surface area (Å²) in [6.07, 6.45) is 1.12. The molecule has 0 fully saturated rings. The van der Waals surface area contributed by atoms with Crippen molar-refractivity contribution in [3.8, 4) is 0 Å². The van der Waals surface area contributed by atoms with Gasteiger partial charge in [0.05, 0.1) is 17.2 Å². The van der Waals surface area contributed by atoms with Crippen LogP contribution >= 0.6 is 11.3 Å². The van der Waals surface area contributed by atoms with Crippen LogP contribution in [0.2, 0.25) is 0 Å². The molecule has 5 nitrogen and oxygen atoms in total. The van der Waals surface area contributed by atoms with Crippen molar-refractivity contribution in [1.29, 1.82) is 0 Å². The zero-order chi connectivity index (χ0) is 17.5. The lowest BCUT2D eigenvalue weighted by Gasteiger charge is -2.07. The van der Waals surface area contributed by atoms with Gasteiger partial charge < -0.3 is 10.6 Å². The van der Waals surface area contributed by atoms with Gasteiger partial charge in [-0.15, -0.1) is 11.3 Å². The highest BCUT2D eigenvalue weighted by molar-refractivity contribution is 7.11. The average Bonchev–Trinajstić information content (AvgIpc) is 2.93. The van der Waals surface area contributed by atoms with Crippen molar-refractivity contribution < 1.29 is 9.59 Å². The third kappa shape index (κ3) is 5.16. The van der Waals surface area contributed by atoms with Crippen LogP contribution in [0, 0.1) is 13.8 Å². The standard InChI is InChI=1S/C18H23N3O2S/c1-4-15-16(24-13(3)21-15)11-20-17(22)9-10-19-18(23)14-7-5-12(2)6-8-14/h5-8H,4,9-11H2,1-3H3,(H,19,23)(H,20,22). The Morgan fingerprint density at radius 1 is 1.12 bits per heavy atom. The fraction of sp³-hybridized carbons (Fsp3) is 0.389. The van der Waals surface area contributed by atoms with Gasteiger partial charge in [0.25, 0.3) is 5.91 Å². The average molecular weight is 345 g/mol. The molecule has 0 aliphatic heterocycles. The normalized spacial score (nSPS) is 10.5. The second-order valence-corrected chi connectivity index (χ2v) is 6.89. The Hall–Kier alpha value is -2.21. The van der Waals surface area contributed by atoms with Gasteiger partial charge in [-0.05, 0) is 32.4 Å². The van der Waals surface area contributed by atoms with Crippen LogP contribution < -0.4 is 10.6 Å². The van der Waals surface area contributed by atoms with E-state index < -0.39 is 0 Å². The Labute approximate surface area is 146 Å². The summed E-state index contributed by atoms with van der Waals surface area (Å²) < 4.78 is 0. The Morgan fingerprint density at radius 3 is 2.50 bits per heavy atom. The van der Waals surface area contributed by atoms with Gasteiger partial charge in [0.15, 0.2) is 0 Å². The van der Waals surface area contributed by atoms with Crippen LogP contribution in [0.5, 0.6) is 0 Å². The molecule has 2 aromatic rings. The molecule has 0 spiro atoms. The van der Waals surface area contributed by atoms with E-state index in [0.717, 1.165) is 27.6 Å². The maximum Gasteiger partial charge on any atom is 0.251 e. The van der Waals surface area contributed by atoms with Crippen molar-refractivity contribution in [1.82, 2.24) is 15.6 Å². The molecule has 0 unspecified atom stereocenters. The van der Waals surface area contributed by atoms with Gasteiger partial charge in [-0.3, -0.25) is 9.59 Å². The molecule has 0 aliphatic rings. The number of carbonyl (C=O) groups is 2. The smallest absolute Gasteiger partial charge is 0.251 e. The first-order valence-corrected chi connectivity index (χ1v) is 8.88. The predicted molar refractivity (Wildman–Crippen MR) is 96.2 cm³/mol. The highest BCUT2D eigenvalue weighted by Crippen LogP contribution is 2.18. The number of carbonyl (C=O) groups excluding carboxylic acids is 2. The van der Waals surface area contributed by atoms with Gasteiger partial charge >= 0.3 is 0 Å². The van der Waals surface area contributed by atoms with Gasteiger partial charge in [-0.25, -0.2) is 4.98 Å². The molecule has 1 aromatic heterocycles. The minimum absolute atomic E-state index is 0.0766. The van der Waals surface area contributed by atoms with Crippen LogP contribution in [0.1, 0.15) is 44.8 Å². The number of hydrogen-bond donors (Lipinski definition) is 2. The summed E-state index contributed by atoms with van der Waals surface area (Å²) in [4.78, 5) is 29.4. The van der Waals surface area contributed by atoms with E-state index in [1.807, 2.05) is 26.0 Å². The Kier molecular flexibility index (Phi) is 6.49. The zero-order valence-corrected chi connectivity index (χ0v) is 15.1. The molecule has 1 aromatic carbocycles. The second-order valence-electron chi connectivity index (χ2n) is 5.60. The van der Waals surface area contributed by atoms with E-state index in [4.69, 9.17) is 0 Å². The topological polar surface area (TPSA) is 71.1 Å². The van der Waals surface area contributed by atoms with Gasteiger partial charge in [-0.1, -0.05) is 24.6 Å². The van der Waals surface area contributed by atoms with E-state index in [2.05, 4.69) is 22.5 Å². The maximum atomic E-state index is 12.0. The van der Waals surface area contributed by atoms with Gasteiger partial charge in [-0.2, -0.15) is 0 Å². The Bertz CT molecular complexity index is 708. The molecule has 2 amide bonds. The molecular weight excluding hydrogens is 322 g/mol. The minimum Gasteiger partial charge on any atom is -0.352 e. The lowest BCUT2D eigenvalue weighted by molar-refractivity contribution is -0.121. The number of nitrogens with zero attached hydrogens (tertiary/aromatic N) is 1. The van der Waals surface area contributed by atoms with Crippen molar-refractivity contribution in [2.45, 2.75) is 40.2 Å². The molecule has 0 radical (unpaired) electrons. The number of aromatic nitrogens is 1. The number of amides is 2. The maximum absolute atomic E-state index is 12.0. The Balaban J connectivity index is 1.73. The summed E-state index contributed by atoms with van der Waals surface area (Å²) in [5.74, 6) is -0.235. The fourth-order valence-electron chi connectivity index (χ4n) is 2.29. The predicted octanol–water partition coefficient (Wildman–Crippen LogP) is 2.76. The van der Waals surface area contributed by atoms with Crippen molar-refractivity contribution in [3.63, 3.8) is 0 Å².